The molecule has 2 aliphatic rings. The Hall–Kier alpha value is -2.13. The highest BCUT2D eigenvalue weighted by molar-refractivity contribution is 7.89. The maximum atomic E-state index is 13.1. The molecular formula is C20H24N2O5S. The van der Waals surface area contributed by atoms with E-state index in [0.29, 0.717) is 44.5 Å². The molecular weight excluding hydrogens is 380 g/mol. The van der Waals surface area contributed by atoms with E-state index in [0.717, 1.165) is 18.7 Å². The maximum absolute atomic E-state index is 13.1. The van der Waals surface area contributed by atoms with Gasteiger partial charge in [0.15, 0.2) is 11.5 Å². The Labute approximate surface area is 165 Å². The smallest absolute Gasteiger partial charge is 0.241 e. The van der Waals surface area contributed by atoms with Crippen LogP contribution < -0.4 is 14.2 Å². The Kier molecular flexibility index (Phi) is 5.82. The molecule has 2 aromatic carbocycles. The molecule has 0 unspecified atom stereocenters. The predicted molar refractivity (Wildman–Crippen MR) is 104 cm³/mol. The van der Waals surface area contributed by atoms with E-state index in [-0.39, 0.29) is 10.9 Å². The van der Waals surface area contributed by atoms with Crippen molar-refractivity contribution in [2.75, 3.05) is 46.1 Å². The lowest BCUT2D eigenvalue weighted by Gasteiger charge is -2.31. The number of nitrogens with one attached hydrogen (secondary N) is 1. The summed E-state index contributed by atoms with van der Waals surface area (Å²) >= 11 is 0. The van der Waals surface area contributed by atoms with Crippen LogP contribution in [-0.4, -0.2) is 59.4 Å². The van der Waals surface area contributed by atoms with Gasteiger partial charge in [-0.1, -0.05) is 30.3 Å². The van der Waals surface area contributed by atoms with Crippen LogP contribution in [0.25, 0.3) is 0 Å². The molecule has 150 valence electrons. The molecule has 1 saturated heterocycles. The van der Waals surface area contributed by atoms with E-state index < -0.39 is 10.0 Å². The maximum Gasteiger partial charge on any atom is 0.241 e. The van der Waals surface area contributed by atoms with Crippen molar-refractivity contribution in [1.29, 1.82) is 0 Å². The summed E-state index contributed by atoms with van der Waals surface area (Å²) < 4.78 is 45.5. The summed E-state index contributed by atoms with van der Waals surface area (Å²) in [4.78, 5) is 2.38. The molecule has 2 aliphatic heterocycles. The number of benzene rings is 2. The minimum absolute atomic E-state index is 0.166. The molecule has 1 N–H and O–H groups in total. The van der Waals surface area contributed by atoms with Gasteiger partial charge >= 0.3 is 0 Å². The second kappa shape index (κ2) is 8.48. The van der Waals surface area contributed by atoms with Crippen molar-refractivity contribution < 1.29 is 22.6 Å². The van der Waals surface area contributed by atoms with E-state index in [1.807, 2.05) is 30.3 Å². The number of hydrogen-bond donors (Lipinski definition) is 1. The fourth-order valence-corrected chi connectivity index (χ4v) is 4.61. The summed E-state index contributed by atoms with van der Waals surface area (Å²) in [5.74, 6) is 1.02. The monoisotopic (exact) mass is 404 g/mol. The van der Waals surface area contributed by atoms with Gasteiger partial charge in [-0.15, -0.1) is 0 Å². The van der Waals surface area contributed by atoms with Crippen molar-refractivity contribution in [2.24, 2.45) is 0 Å². The zero-order valence-corrected chi connectivity index (χ0v) is 16.4. The number of nitrogens with zero attached hydrogens (tertiary/aromatic N) is 1. The van der Waals surface area contributed by atoms with Crippen molar-refractivity contribution in [3.63, 3.8) is 0 Å². The van der Waals surface area contributed by atoms with Crippen LogP contribution in [0.3, 0.4) is 0 Å². The first-order chi connectivity index (χ1) is 13.6. The van der Waals surface area contributed by atoms with E-state index in [1.165, 1.54) is 6.07 Å². The van der Waals surface area contributed by atoms with Gasteiger partial charge in [-0.3, -0.25) is 4.90 Å². The number of fused-ring (bicyclic) bond motifs is 1. The van der Waals surface area contributed by atoms with Gasteiger partial charge in [0, 0.05) is 25.7 Å². The fourth-order valence-electron chi connectivity index (χ4n) is 3.38. The topological polar surface area (TPSA) is 77.1 Å². The zero-order valence-electron chi connectivity index (χ0n) is 15.5. The minimum atomic E-state index is -3.74. The summed E-state index contributed by atoms with van der Waals surface area (Å²) in [6.07, 6.45) is 0. The molecule has 8 heteroatoms. The molecule has 0 bridgehead atoms. The predicted octanol–water partition coefficient (Wildman–Crippen LogP) is 1.81. The Morgan fingerprint density at radius 1 is 0.929 bits per heavy atom. The average molecular weight is 404 g/mol. The third-order valence-corrected chi connectivity index (χ3v) is 6.34. The molecule has 0 radical (unpaired) electrons. The SMILES string of the molecule is O=S(=O)(N[C@H](CN1CCOCC1)c1ccccc1)c1ccc2c(c1)OCCO2. The van der Waals surface area contributed by atoms with Crippen molar-refractivity contribution in [3.05, 3.63) is 54.1 Å². The van der Waals surface area contributed by atoms with Crippen LogP contribution in [0.1, 0.15) is 11.6 Å². The van der Waals surface area contributed by atoms with Crippen LogP contribution in [0.2, 0.25) is 0 Å². The normalized spacial score (nSPS) is 18.6. The van der Waals surface area contributed by atoms with E-state index in [1.54, 1.807) is 12.1 Å². The van der Waals surface area contributed by atoms with Gasteiger partial charge in [0.25, 0.3) is 0 Å². The fraction of sp³-hybridized carbons (Fsp3) is 0.400. The molecule has 2 heterocycles. The molecule has 28 heavy (non-hydrogen) atoms. The van der Waals surface area contributed by atoms with Gasteiger partial charge in [-0.05, 0) is 17.7 Å². The highest BCUT2D eigenvalue weighted by atomic mass is 32.2. The molecule has 0 spiro atoms. The number of morpholine rings is 1. The van der Waals surface area contributed by atoms with E-state index in [4.69, 9.17) is 14.2 Å². The number of ether oxygens (including phenoxy) is 3. The van der Waals surface area contributed by atoms with Crippen LogP contribution in [-0.2, 0) is 14.8 Å². The van der Waals surface area contributed by atoms with Crippen LogP contribution in [0.4, 0.5) is 0 Å². The zero-order chi connectivity index (χ0) is 19.4. The Morgan fingerprint density at radius 3 is 2.39 bits per heavy atom. The third-order valence-electron chi connectivity index (χ3n) is 4.87. The van der Waals surface area contributed by atoms with E-state index in [2.05, 4.69) is 9.62 Å². The number of hydrogen-bond acceptors (Lipinski definition) is 6. The molecule has 7 nitrogen and oxygen atoms in total. The molecule has 2 aromatic rings. The number of rotatable bonds is 6. The summed E-state index contributed by atoms with van der Waals surface area (Å²) in [5, 5.41) is 0. The van der Waals surface area contributed by atoms with E-state index in [9.17, 15) is 8.42 Å². The molecule has 0 amide bonds. The van der Waals surface area contributed by atoms with Crippen LogP contribution >= 0.6 is 0 Å². The first kappa shape index (κ1) is 19.2. The number of sulfonamides is 1. The summed E-state index contributed by atoms with van der Waals surface area (Å²) in [6.45, 7) is 4.36. The molecule has 0 aromatic heterocycles. The first-order valence-corrected chi connectivity index (χ1v) is 10.9. The van der Waals surface area contributed by atoms with Crippen molar-refractivity contribution >= 4 is 10.0 Å². The standard InChI is InChI=1S/C20H24N2O5S/c23-28(24,17-6-7-19-20(14-17)27-13-12-26-19)21-18(16-4-2-1-3-5-16)15-22-8-10-25-11-9-22/h1-7,14,18,21H,8-13,15H2/t18-/m1/s1. The third kappa shape index (κ3) is 4.47. The minimum Gasteiger partial charge on any atom is -0.486 e. The van der Waals surface area contributed by atoms with Crippen molar-refractivity contribution in [3.8, 4) is 11.5 Å². The second-order valence-corrected chi connectivity index (χ2v) is 8.52. The lowest BCUT2D eigenvalue weighted by atomic mass is 10.1. The molecule has 0 saturated carbocycles. The lowest BCUT2D eigenvalue weighted by molar-refractivity contribution is 0.0345. The Balaban J connectivity index is 1.57. The molecule has 1 fully saturated rings. The van der Waals surface area contributed by atoms with Gasteiger partial charge in [-0.2, -0.15) is 0 Å². The molecule has 4 rings (SSSR count). The van der Waals surface area contributed by atoms with Crippen molar-refractivity contribution in [1.82, 2.24) is 9.62 Å². The van der Waals surface area contributed by atoms with Gasteiger partial charge in [0.05, 0.1) is 24.2 Å². The van der Waals surface area contributed by atoms with Gasteiger partial charge in [0.1, 0.15) is 13.2 Å². The largest absolute Gasteiger partial charge is 0.486 e. The van der Waals surface area contributed by atoms with Gasteiger partial charge < -0.3 is 14.2 Å². The Bertz CT molecular complexity index is 898. The quantitative estimate of drug-likeness (QED) is 0.791. The second-order valence-electron chi connectivity index (χ2n) is 6.80. The van der Waals surface area contributed by atoms with Crippen molar-refractivity contribution in [2.45, 2.75) is 10.9 Å². The molecule has 1 atom stereocenters. The highest BCUT2D eigenvalue weighted by Crippen LogP contribution is 2.32. The van der Waals surface area contributed by atoms with Crippen LogP contribution in [0, 0.1) is 0 Å². The summed E-state index contributed by atoms with van der Waals surface area (Å²) in [6, 6.07) is 14.0. The Morgan fingerprint density at radius 2 is 1.64 bits per heavy atom. The highest BCUT2D eigenvalue weighted by Gasteiger charge is 2.26. The summed E-state index contributed by atoms with van der Waals surface area (Å²) in [7, 11) is -3.74. The van der Waals surface area contributed by atoms with Gasteiger partial charge in [-0.25, -0.2) is 13.1 Å². The summed E-state index contributed by atoms with van der Waals surface area (Å²) in [5.41, 5.74) is 0.926. The van der Waals surface area contributed by atoms with Crippen LogP contribution in [0.15, 0.2) is 53.4 Å². The van der Waals surface area contributed by atoms with Gasteiger partial charge in [0.2, 0.25) is 10.0 Å². The average Bonchev–Trinajstić information content (AvgIpc) is 2.74. The van der Waals surface area contributed by atoms with E-state index >= 15 is 0 Å². The molecule has 0 aliphatic carbocycles. The van der Waals surface area contributed by atoms with Crippen LogP contribution in [0.5, 0.6) is 11.5 Å². The first-order valence-electron chi connectivity index (χ1n) is 9.39. The lowest BCUT2D eigenvalue weighted by Crippen LogP contribution is -2.43.